The first-order valence-electron chi connectivity index (χ1n) is 8.75. The fourth-order valence-electron chi connectivity index (χ4n) is 3.58. The van der Waals surface area contributed by atoms with Gasteiger partial charge in [-0.05, 0) is 25.3 Å². The highest BCUT2D eigenvalue weighted by molar-refractivity contribution is 5.89. The summed E-state index contributed by atoms with van der Waals surface area (Å²) in [5.41, 5.74) is 2.34. The summed E-state index contributed by atoms with van der Waals surface area (Å²) in [6.45, 7) is 3.20. The molecule has 23 heavy (non-hydrogen) atoms. The normalized spacial score (nSPS) is 22.4. The van der Waals surface area contributed by atoms with Crippen molar-refractivity contribution in [3.8, 4) is 0 Å². The predicted octanol–water partition coefficient (Wildman–Crippen LogP) is 2.79. The third-order valence-corrected chi connectivity index (χ3v) is 5.03. The minimum absolute atomic E-state index is 0.0663. The monoisotopic (exact) mass is 314 g/mol. The third kappa shape index (κ3) is 4.12. The van der Waals surface area contributed by atoms with E-state index in [0.29, 0.717) is 25.6 Å². The summed E-state index contributed by atoms with van der Waals surface area (Å²) in [7, 11) is 0. The second kappa shape index (κ2) is 7.16. The molecule has 4 heteroatoms. The zero-order valence-corrected chi connectivity index (χ0v) is 13.9. The van der Waals surface area contributed by atoms with Gasteiger partial charge in [-0.1, -0.05) is 49.1 Å². The van der Waals surface area contributed by atoms with Gasteiger partial charge in [0.1, 0.15) is 0 Å². The van der Waals surface area contributed by atoms with Crippen LogP contribution in [0.3, 0.4) is 0 Å². The maximum absolute atomic E-state index is 12.4. The molecule has 3 rings (SSSR count). The number of carbonyl (C=O) groups excluding carboxylic acids is 2. The first-order chi connectivity index (χ1) is 11.1. The number of likely N-dealkylation sites (tertiary alicyclic amines) is 1. The molecule has 1 atom stereocenters. The van der Waals surface area contributed by atoms with Gasteiger partial charge in [0.05, 0.1) is 5.92 Å². The lowest BCUT2D eigenvalue weighted by molar-refractivity contribution is -0.129. The van der Waals surface area contributed by atoms with Gasteiger partial charge in [-0.25, -0.2) is 0 Å². The Balaban J connectivity index is 1.54. The molecule has 1 N–H and O–H groups in total. The van der Waals surface area contributed by atoms with Crippen LogP contribution in [0.15, 0.2) is 24.3 Å². The summed E-state index contributed by atoms with van der Waals surface area (Å²) in [5, 5.41) is 3.16. The molecule has 2 fully saturated rings. The number of amides is 2. The van der Waals surface area contributed by atoms with E-state index in [1.807, 2.05) is 4.90 Å². The van der Waals surface area contributed by atoms with Crippen molar-refractivity contribution in [1.82, 2.24) is 10.2 Å². The van der Waals surface area contributed by atoms with Crippen LogP contribution in [0.2, 0.25) is 0 Å². The Hall–Kier alpha value is -1.84. The first kappa shape index (κ1) is 16.0. The molecule has 1 aromatic rings. The van der Waals surface area contributed by atoms with Crippen LogP contribution in [0.25, 0.3) is 0 Å². The van der Waals surface area contributed by atoms with Gasteiger partial charge in [-0.2, -0.15) is 0 Å². The second-order valence-electron chi connectivity index (χ2n) is 7.00. The molecule has 1 saturated carbocycles. The smallest absolute Gasteiger partial charge is 0.225 e. The second-order valence-corrected chi connectivity index (χ2v) is 7.00. The van der Waals surface area contributed by atoms with Gasteiger partial charge < -0.3 is 10.2 Å². The summed E-state index contributed by atoms with van der Waals surface area (Å²) in [5.74, 6) is -0.0269. The van der Waals surface area contributed by atoms with Gasteiger partial charge in [0.25, 0.3) is 0 Å². The molecule has 1 heterocycles. The summed E-state index contributed by atoms with van der Waals surface area (Å²) >= 11 is 0. The molecule has 124 valence electrons. The largest absolute Gasteiger partial charge is 0.353 e. The third-order valence-electron chi connectivity index (χ3n) is 5.03. The highest BCUT2D eigenvalue weighted by Crippen LogP contribution is 2.22. The molecule has 1 aliphatic carbocycles. The van der Waals surface area contributed by atoms with E-state index < -0.39 is 0 Å². The molecule has 0 spiro atoms. The van der Waals surface area contributed by atoms with Gasteiger partial charge in [0.15, 0.2) is 0 Å². The molecule has 1 aromatic carbocycles. The van der Waals surface area contributed by atoms with Gasteiger partial charge in [0.2, 0.25) is 11.8 Å². The topological polar surface area (TPSA) is 49.4 Å². The highest BCUT2D eigenvalue weighted by atomic mass is 16.2. The summed E-state index contributed by atoms with van der Waals surface area (Å²) in [6.07, 6.45) is 6.20. The minimum Gasteiger partial charge on any atom is -0.353 e. The molecular weight excluding hydrogens is 288 g/mol. The van der Waals surface area contributed by atoms with Crippen molar-refractivity contribution < 1.29 is 9.59 Å². The maximum Gasteiger partial charge on any atom is 0.225 e. The van der Waals surface area contributed by atoms with Gasteiger partial charge >= 0.3 is 0 Å². The Labute approximate surface area is 138 Å². The Kier molecular flexibility index (Phi) is 4.99. The molecule has 0 radical (unpaired) electrons. The number of rotatable bonds is 4. The van der Waals surface area contributed by atoms with E-state index in [-0.39, 0.29) is 17.7 Å². The number of hydrogen-bond donors (Lipinski definition) is 1. The van der Waals surface area contributed by atoms with Crippen LogP contribution in [-0.4, -0.2) is 29.3 Å². The van der Waals surface area contributed by atoms with E-state index >= 15 is 0 Å². The van der Waals surface area contributed by atoms with Crippen molar-refractivity contribution in [2.75, 3.05) is 6.54 Å². The van der Waals surface area contributed by atoms with Crippen LogP contribution >= 0.6 is 0 Å². The van der Waals surface area contributed by atoms with Gasteiger partial charge in [0, 0.05) is 25.6 Å². The van der Waals surface area contributed by atoms with Crippen molar-refractivity contribution >= 4 is 11.8 Å². The Bertz CT molecular complexity index is 561. The lowest BCUT2D eigenvalue weighted by Gasteiger charge is -2.24. The maximum atomic E-state index is 12.4. The quantitative estimate of drug-likeness (QED) is 0.929. The number of carbonyl (C=O) groups is 2. The number of nitrogens with zero attached hydrogens (tertiary/aromatic N) is 1. The van der Waals surface area contributed by atoms with Crippen LogP contribution in [0.1, 0.15) is 49.7 Å². The van der Waals surface area contributed by atoms with E-state index in [0.717, 1.165) is 18.4 Å². The Morgan fingerprint density at radius 1 is 1.17 bits per heavy atom. The van der Waals surface area contributed by atoms with Crippen LogP contribution in [0.5, 0.6) is 0 Å². The average Bonchev–Trinajstić information content (AvgIpc) is 2.92. The van der Waals surface area contributed by atoms with Gasteiger partial charge in [-0.3, -0.25) is 9.59 Å². The fourth-order valence-corrected chi connectivity index (χ4v) is 3.58. The van der Waals surface area contributed by atoms with Gasteiger partial charge in [-0.15, -0.1) is 0 Å². The predicted molar refractivity (Wildman–Crippen MR) is 89.7 cm³/mol. The molecule has 2 aliphatic rings. The van der Waals surface area contributed by atoms with E-state index in [2.05, 4.69) is 36.5 Å². The minimum atomic E-state index is -0.185. The molecular formula is C19H26N2O2. The number of nitrogens with one attached hydrogen (secondary N) is 1. The fraction of sp³-hybridized carbons (Fsp3) is 0.579. The number of benzene rings is 1. The Morgan fingerprint density at radius 3 is 2.57 bits per heavy atom. The highest BCUT2D eigenvalue weighted by Gasteiger charge is 2.35. The average molecular weight is 314 g/mol. The molecule has 0 bridgehead atoms. The van der Waals surface area contributed by atoms with E-state index in [9.17, 15) is 9.59 Å². The van der Waals surface area contributed by atoms with Crippen molar-refractivity contribution in [2.24, 2.45) is 5.92 Å². The van der Waals surface area contributed by atoms with Crippen molar-refractivity contribution in [3.63, 3.8) is 0 Å². The lowest BCUT2D eigenvalue weighted by atomic mass is 9.95. The summed E-state index contributed by atoms with van der Waals surface area (Å²) in [6, 6.07) is 8.54. The molecule has 1 saturated heterocycles. The number of hydrogen-bond acceptors (Lipinski definition) is 2. The van der Waals surface area contributed by atoms with Crippen molar-refractivity contribution in [2.45, 2.75) is 58.0 Å². The summed E-state index contributed by atoms with van der Waals surface area (Å²) < 4.78 is 0. The first-order valence-corrected chi connectivity index (χ1v) is 8.75. The van der Waals surface area contributed by atoms with E-state index in [1.165, 1.54) is 24.8 Å². The van der Waals surface area contributed by atoms with Crippen molar-refractivity contribution in [1.29, 1.82) is 0 Å². The zero-order chi connectivity index (χ0) is 16.2. The van der Waals surface area contributed by atoms with E-state index in [4.69, 9.17) is 0 Å². The van der Waals surface area contributed by atoms with Crippen molar-refractivity contribution in [3.05, 3.63) is 35.4 Å². The molecule has 1 aliphatic heterocycles. The molecule has 2 amide bonds. The van der Waals surface area contributed by atoms with Crippen LogP contribution in [0, 0.1) is 12.8 Å². The standard InChI is InChI=1S/C19H26N2O2/c1-14-7-9-15(10-8-14)12-21-13-16(11-18(21)22)19(23)20-17-5-3-2-4-6-17/h7-10,16-17H,2-6,11-13H2,1H3,(H,20,23). The zero-order valence-electron chi connectivity index (χ0n) is 13.9. The van der Waals surface area contributed by atoms with E-state index in [1.54, 1.807) is 0 Å². The van der Waals surface area contributed by atoms with Crippen LogP contribution in [-0.2, 0) is 16.1 Å². The molecule has 0 aromatic heterocycles. The summed E-state index contributed by atoms with van der Waals surface area (Å²) in [4.78, 5) is 26.4. The SMILES string of the molecule is Cc1ccc(CN2CC(C(=O)NC3CCCCC3)CC2=O)cc1. The number of aryl methyl sites for hydroxylation is 1. The Morgan fingerprint density at radius 2 is 1.87 bits per heavy atom. The molecule has 1 unspecified atom stereocenters. The van der Waals surface area contributed by atoms with Crippen LogP contribution in [0.4, 0.5) is 0 Å². The molecule has 4 nitrogen and oxygen atoms in total. The van der Waals surface area contributed by atoms with Crippen LogP contribution < -0.4 is 5.32 Å². The lowest BCUT2D eigenvalue weighted by Crippen LogP contribution is -2.40.